The van der Waals surface area contributed by atoms with Crippen LogP contribution in [-0.2, 0) is 9.53 Å². The second-order valence-electron chi connectivity index (χ2n) is 5.71. The van der Waals surface area contributed by atoms with Gasteiger partial charge in [-0.25, -0.2) is 4.79 Å². The number of rotatable bonds is 5. The number of carbonyl (C=O) groups is 2. The minimum atomic E-state index is -0.532. The van der Waals surface area contributed by atoms with Gasteiger partial charge in [-0.05, 0) is 45.4 Å². The largest absolute Gasteiger partial charge is 0.444 e. The van der Waals surface area contributed by atoms with E-state index < -0.39 is 11.7 Å². The lowest BCUT2D eigenvalue weighted by Crippen LogP contribution is -2.33. The van der Waals surface area contributed by atoms with Crippen molar-refractivity contribution in [1.82, 2.24) is 5.32 Å². The fraction of sp³-hybridized carbons (Fsp3) is 0.467. The summed E-state index contributed by atoms with van der Waals surface area (Å²) in [5.41, 5.74) is 0.0504. The van der Waals surface area contributed by atoms with Crippen LogP contribution in [0.15, 0.2) is 18.2 Å². The van der Waals surface area contributed by atoms with E-state index in [0.29, 0.717) is 28.7 Å². The lowest BCUT2D eigenvalue weighted by atomic mass is 10.2. The van der Waals surface area contributed by atoms with Crippen LogP contribution in [0.25, 0.3) is 0 Å². The third-order valence-corrected chi connectivity index (χ3v) is 3.19. The van der Waals surface area contributed by atoms with Gasteiger partial charge < -0.3 is 15.4 Å². The molecule has 122 valence electrons. The maximum absolute atomic E-state index is 11.8. The van der Waals surface area contributed by atoms with Crippen LogP contribution in [0.1, 0.15) is 33.6 Å². The first-order chi connectivity index (χ1) is 10.2. The predicted octanol–water partition coefficient (Wildman–Crippen LogP) is 4.24. The van der Waals surface area contributed by atoms with E-state index >= 15 is 0 Å². The van der Waals surface area contributed by atoms with Gasteiger partial charge in [0, 0.05) is 18.7 Å². The van der Waals surface area contributed by atoms with Crippen molar-refractivity contribution in [2.24, 2.45) is 0 Å². The van der Waals surface area contributed by atoms with E-state index in [1.807, 2.05) is 0 Å². The Morgan fingerprint density at radius 2 is 1.86 bits per heavy atom. The summed E-state index contributed by atoms with van der Waals surface area (Å²) >= 11 is 11.7. The molecule has 0 fully saturated rings. The fourth-order valence-corrected chi connectivity index (χ4v) is 1.85. The van der Waals surface area contributed by atoms with Gasteiger partial charge in [0.2, 0.25) is 5.91 Å². The van der Waals surface area contributed by atoms with Crippen LogP contribution in [0.4, 0.5) is 10.5 Å². The maximum Gasteiger partial charge on any atom is 0.407 e. The maximum atomic E-state index is 11.8. The molecule has 0 saturated heterocycles. The highest BCUT2D eigenvalue weighted by atomic mass is 35.5. The lowest BCUT2D eigenvalue weighted by Gasteiger charge is -2.19. The van der Waals surface area contributed by atoms with Gasteiger partial charge in [-0.2, -0.15) is 0 Å². The summed E-state index contributed by atoms with van der Waals surface area (Å²) in [5.74, 6) is -0.163. The Balaban J connectivity index is 2.26. The van der Waals surface area contributed by atoms with Gasteiger partial charge in [-0.1, -0.05) is 23.2 Å². The Labute approximate surface area is 140 Å². The van der Waals surface area contributed by atoms with Gasteiger partial charge >= 0.3 is 6.09 Å². The molecule has 2 N–H and O–H groups in total. The van der Waals surface area contributed by atoms with Crippen LogP contribution < -0.4 is 10.6 Å². The molecule has 0 aliphatic carbocycles. The summed E-state index contributed by atoms with van der Waals surface area (Å²) in [4.78, 5) is 23.2. The molecule has 0 aliphatic heterocycles. The molecule has 0 unspecified atom stereocenters. The van der Waals surface area contributed by atoms with E-state index in [2.05, 4.69) is 10.6 Å². The second kappa shape index (κ2) is 8.25. The molecule has 1 rings (SSSR count). The Hall–Kier alpha value is -1.46. The van der Waals surface area contributed by atoms with Crippen LogP contribution in [0.2, 0.25) is 10.0 Å². The fourth-order valence-electron chi connectivity index (χ4n) is 1.55. The van der Waals surface area contributed by atoms with Crippen LogP contribution in [0, 0.1) is 0 Å². The van der Waals surface area contributed by atoms with Crippen molar-refractivity contribution in [3.63, 3.8) is 0 Å². The second-order valence-corrected chi connectivity index (χ2v) is 6.52. The van der Waals surface area contributed by atoms with E-state index in [0.717, 1.165) is 0 Å². The summed E-state index contributed by atoms with van der Waals surface area (Å²) in [7, 11) is 0. The first-order valence-corrected chi connectivity index (χ1v) is 7.65. The van der Waals surface area contributed by atoms with Gasteiger partial charge in [-0.15, -0.1) is 0 Å². The van der Waals surface area contributed by atoms with E-state index in [-0.39, 0.29) is 12.3 Å². The minimum absolute atomic E-state index is 0.163. The molecule has 0 heterocycles. The Kier molecular flexibility index (Phi) is 6.97. The van der Waals surface area contributed by atoms with Crippen molar-refractivity contribution in [1.29, 1.82) is 0 Å². The van der Waals surface area contributed by atoms with Crippen molar-refractivity contribution in [3.05, 3.63) is 28.2 Å². The van der Waals surface area contributed by atoms with Gasteiger partial charge in [-0.3, -0.25) is 4.79 Å². The number of ether oxygens (including phenoxy) is 1. The molecule has 0 spiro atoms. The molecule has 22 heavy (non-hydrogen) atoms. The Morgan fingerprint density at radius 1 is 1.18 bits per heavy atom. The topological polar surface area (TPSA) is 67.4 Å². The Morgan fingerprint density at radius 3 is 2.45 bits per heavy atom. The molecule has 0 bridgehead atoms. The van der Waals surface area contributed by atoms with Gasteiger partial charge in [0.15, 0.2) is 0 Å². The standard InChI is InChI=1S/C15H20Cl2N2O3/c1-15(2,3)22-14(21)18-8-4-5-13(20)19-10-6-7-11(16)12(17)9-10/h6-7,9H,4-5,8H2,1-3H3,(H,18,21)(H,19,20). The van der Waals surface area contributed by atoms with Crippen molar-refractivity contribution in [2.75, 3.05) is 11.9 Å². The van der Waals surface area contributed by atoms with Crippen molar-refractivity contribution in [3.8, 4) is 0 Å². The molecule has 0 atom stereocenters. The smallest absolute Gasteiger partial charge is 0.407 e. The number of nitrogens with one attached hydrogen (secondary N) is 2. The monoisotopic (exact) mass is 346 g/mol. The highest BCUT2D eigenvalue weighted by molar-refractivity contribution is 6.42. The number of halogens is 2. The zero-order valence-corrected chi connectivity index (χ0v) is 14.3. The van der Waals surface area contributed by atoms with Crippen LogP contribution >= 0.6 is 23.2 Å². The number of alkyl carbamates (subject to hydrolysis) is 1. The molecule has 0 saturated carbocycles. The average molecular weight is 347 g/mol. The zero-order valence-electron chi connectivity index (χ0n) is 12.8. The Bertz CT molecular complexity index is 542. The lowest BCUT2D eigenvalue weighted by molar-refractivity contribution is -0.116. The van der Waals surface area contributed by atoms with Crippen LogP contribution in [-0.4, -0.2) is 24.1 Å². The van der Waals surface area contributed by atoms with Crippen molar-refractivity contribution >= 4 is 40.9 Å². The highest BCUT2D eigenvalue weighted by Crippen LogP contribution is 2.25. The number of anilines is 1. The summed E-state index contributed by atoms with van der Waals surface area (Å²) in [5, 5.41) is 6.12. The molecule has 7 heteroatoms. The molecule has 0 aliphatic rings. The number of hydrogen-bond donors (Lipinski definition) is 2. The van der Waals surface area contributed by atoms with Crippen LogP contribution in [0.3, 0.4) is 0 Å². The normalized spacial score (nSPS) is 11.0. The molecule has 0 radical (unpaired) electrons. The molecular weight excluding hydrogens is 327 g/mol. The first-order valence-electron chi connectivity index (χ1n) is 6.89. The molecule has 1 aromatic carbocycles. The average Bonchev–Trinajstić information content (AvgIpc) is 2.37. The number of hydrogen-bond acceptors (Lipinski definition) is 3. The third kappa shape index (κ3) is 7.52. The van der Waals surface area contributed by atoms with Crippen LogP contribution in [0.5, 0.6) is 0 Å². The molecular formula is C15H20Cl2N2O3. The summed E-state index contributed by atoms with van der Waals surface area (Å²) in [6.45, 7) is 5.73. The summed E-state index contributed by atoms with van der Waals surface area (Å²) < 4.78 is 5.09. The number of amides is 2. The highest BCUT2D eigenvalue weighted by Gasteiger charge is 2.15. The molecule has 1 aromatic rings. The van der Waals surface area contributed by atoms with E-state index in [1.165, 1.54) is 0 Å². The van der Waals surface area contributed by atoms with Crippen molar-refractivity contribution in [2.45, 2.75) is 39.2 Å². The zero-order chi connectivity index (χ0) is 16.8. The SMILES string of the molecule is CC(C)(C)OC(=O)NCCCC(=O)Nc1ccc(Cl)c(Cl)c1. The quantitative estimate of drug-likeness (QED) is 0.783. The molecule has 2 amide bonds. The van der Waals surface area contributed by atoms with Gasteiger partial charge in [0.25, 0.3) is 0 Å². The first kappa shape index (κ1) is 18.6. The van der Waals surface area contributed by atoms with E-state index in [1.54, 1.807) is 39.0 Å². The van der Waals surface area contributed by atoms with E-state index in [9.17, 15) is 9.59 Å². The summed E-state index contributed by atoms with van der Waals surface area (Å²) in [6.07, 6.45) is 0.292. The molecule has 5 nitrogen and oxygen atoms in total. The summed E-state index contributed by atoms with van der Waals surface area (Å²) in [6, 6.07) is 4.87. The number of carbonyl (C=O) groups excluding carboxylic acids is 2. The predicted molar refractivity (Wildman–Crippen MR) is 88.6 cm³/mol. The number of benzene rings is 1. The van der Waals surface area contributed by atoms with E-state index in [4.69, 9.17) is 27.9 Å². The third-order valence-electron chi connectivity index (χ3n) is 2.45. The van der Waals surface area contributed by atoms with Gasteiger partial charge in [0.05, 0.1) is 10.0 Å². The minimum Gasteiger partial charge on any atom is -0.444 e. The molecule has 0 aromatic heterocycles. The van der Waals surface area contributed by atoms with Crippen molar-refractivity contribution < 1.29 is 14.3 Å². The van der Waals surface area contributed by atoms with Gasteiger partial charge in [0.1, 0.15) is 5.60 Å².